The van der Waals surface area contributed by atoms with Crippen molar-refractivity contribution in [3.05, 3.63) is 53.7 Å². The normalized spacial score (nSPS) is 19.5. The zero-order chi connectivity index (χ0) is 18.1. The van der Waals surface area contributed by atoms with Gasteiger partial charge >= 0.3 is 0 Å². The van der Waals surface area contributed by atoms with Gasteiger partial charge in [-0.3, -0.25) is 9.59 Å². The zero-order valence-corrected chi connectivity index (χ0v) is 14.7. The second-order valence-electron chi connectivity index (χ2n) is 7.07. The van der Waals surface area contributed by atoms with Crippen LogP contribution in [0.25, 0.3) is 0 Å². The van der Waals surface area contributed by atoms with E-state index in [1.807, 2.05) is 36.1 Å². The quantitative estimate of drug-likeness (QED) is 0.870. The van der Waals surface area contributed by atoms with Crippen LogP contribution in [0.2, 0.25) is 0 Å². The summed E-state index contributed by atoms with van der Waals surface area (Å²) in [6.07, 6.45) is 4.32. The van der Waals surface area contributed by atoms with Gasteiger partial charge in [0.2, 0.25) is 5.91 Å². The standard InChI is InChI=1S/C20H22N4O2/c1-13-2-5-15(6-3-13)23-20(26)14-4-9-18(21-11-14)22-16-10-19(25)24(12-16)17-7-8-17/h2-6,9,11,16-17H,7-8,10,12H2,1H3,(H,21,22)(H,23,26). The summed E-state index contributed by atoms with van der Waals surface area (Å²) < 4.78 is 0. The number of aromatic nitrogens is 1. The number of carbonyl (C=O) groups is 2. The lowest BCUT2D eigenvalue weighted by molar-refractivity contribution is -0.128. The van der Waals surface area contributed by atoms with E-state index in [0.717, 1.165) is 30.6 Å². The molecule has 2 N–H and O–H groups in total. The van der Waals surface area contributed by atoms with Crippen molar-refractivity contribution in [1.82, 2.24) is 9.88 Å². The lowest BCUT2D eigenvalue weighted by Gasteiger charge is -2.16. The number of pyridine rings is 1. The Morgan fingerprint density at radius 1 is 1.15 bits per heavy atom. The Morgan fingerprint density at radius 3 is 2.58 bits per heavy atom. The molecule has 2 heterocycles. The number of nitrogens with zero attached hydrogens (tertiary/aromatic N) is 2. The number of aryl methyl sites for hydroxylation is 1. The SMILES string of the molecule is Cc1ccc(NC(=O)c2ccc(NC3CC(=O)N(C4CC4)C3)nc2)cc1. The van der Waals surface area contributed by atoms with E-state index >= 15 is 0 Å². The minimum atomic E-state index is -0.191. The maximum Gasteiger partial charge on any atom is 0.257 e. The molecule has 0 spiro atoms. The largest absolute Gasteiger partial charge is 0.365 e. The molecule has 6 nitrogen and oxygen atoms in total. The Balaban J connectivity index is 1.35. The number of benzene rings is 1. The maximum atomic E-state index is 12.3. The van der Waals surface area contributed by atoms with Crippen molar-refractivity contribution in [1.29, 1.82) is 0 Å². The molecule has 1 unspecified atom stereocenters. The summed E-state index contributed by atoms with van der Waals surface area (Å²) in [5, 5.41) is 6.16. The van der Waals surface area contributed by atoms with Gasteiger partial charge in [-0.05, 0) is 44.0 Å². The first-order chi connectivity index (χ1) is 12.6. The molecule has 26 heavy (non-hydrogen) atoms. The number of anilines is 2. The third kappa shape index (κ3) is 3.69. The van der Waals surface area contributed by atoms with Gasteiger partial charge in [-0.1, -0.05) is 17.7 Å². The number of nitrogens with one attached hydrogen (secondary N) is 2. The third-order valence-electron chi connectivity index (χ3n) is 4.83. The van der Waals surface area contributed by atoms with Crippen LogP contribution in [-0.4, -0.2) is 40.3 Å². The first-order valence-electron chi connectivity index (χ1n) is 8.98. The van der Waals surface area contributed by atoms with Crippen LogP contribution in [0.5, 0.6) is 0 Å². The van der Waals surface area contributed by atoms with Gasteiger partial charge in [0.15, 0.2) is 0 Å². The summed E-state index contributed by atoms with van der Waals surface area (Å²) in [5.74, 6) is 0.718. The van der Waals surface area contributed by atoms with Gasteiger partial charge in [-0.15, -0.1) is 0 Å². The molecule has 2 amide bonds. The molecule has 0 bridgehead atoms. The maximum absolute atomic E-state index is 12.3. The molecule has 1 saturated heterocycles. The van der Waals surface area contributed by atoms with Crippen molar-refractivity contribution in [2.45, 2.75) is 38.3 Å². The smallest absolute Gasteiger partial charge is 0.257 e. The van der Waals surface area contributed by atoms with E-state index in [0.29, 0.717) is 23.8 Å². The predicted molar refractivity (Wildman–Crippen MR) is 100 cm³/mol. The van der Waals surface area contributed by atoms with Crippen molar-refractivity contribution in [3.8, 4) is 0 Å². The van der Waals surface area contributed by atoms with Gasteiger partial charge < -0.3 is 15.5 Å². The summed E-state index contributed by atoms with van der Waals surface area (Å²) in [7, 11) is 0. The van der Waals surface area contributed by atoms with Gasteiger partial charge in [0.05, 0.1) is 11.6 Å². The van der Waals surface area contributed by atoms with Crippen LogP contribution in [0.1, 0.15) is 35.2 Å². The fraction of sp³-hybridized carbons (Fsp3) is 0.350. The van der Waals surface area contributed by atoms with Crippen molar-refractivity contribution in [2.24, 2.45) is 0 Å². The van der Waals surface area contributed by atoms with Crippen LogP contribution in [0.4, 0.5) is 11.5 Å². The number of hydrogen-bond donors (Lipinski definition) is 2. The number of carbonyl (C=O) groups excluding carboxylic acids is 2. The van der Waals surface area contributed by atoms with Crippen LogP contribution in [0.3, 0.4) is 0 Å². The van der Waals surface area contributed by atoms with E-state index in [4.69, 9.17) is 0 Å². The van der Waals surface area contributed by atoms with Crippen molar-refractivity contribution in [3.63, 3.8) is 0 Å². The molecular formula is C20H22N4O2. The van der Waals surface area contributed by atoms with Gasteiger partial charge in [0.25, 0.3) is 5.91 Å². The molecule has 2 aliphatic rings. The monoisotopic (exact) mass is 350 g/mol. The van der Waals surface area contributed by atoms with Gasteiger partial charge in [-0.25, -0.2) is 4.98 Å². The Labute approximate surface area is 152 Å². The summed E-state index contributed by atoms with van der Waals surface area (Å²) in [6, 6.07) is 11.7. The van der Waals surface area contributed by atoms with Gasteiger partial charge in [0.1, 0.15) is 5.82 Å². The second-order valence-corrected chi connectivity index (χ2v) is 7.07. The van der Waals surface area contributed by atoms with Gasteiger partial charge in [-0.2, -0.15) is 0 Å². The van der Waals surface area contributed by atoms with E-state index < -0.39 is 0 Å². The number of likely N-dealkylation sites (tertiary alicyclic amines) is 1. The fourth-order valence-corrected chi connectivity index (χ4v) is 3.23. The molecule has 1 aliphatic carbocycles. The topological polar surface area (TPSA) is 74.3 Å². The summed E-state index contributed by atoms with van der Waals surface area (Å²) >= 11 is 0. The molecule has 0 radical (unpaired) electrons. The molecular weight excluding hydrogens is 328 g/mol. The van der Waals surface area contributed by atoms with E-state index in [-0.39, 0.29) is 17.9 Å². The Hall–Kier alpha value is -2.89. The lowest BCUT2D eigenvalue weighted by atomic mass is 10.2. The number of rotatable bonds is 5. The first kappa shape index (κ1) is 16.6. The zero-order valence-electron chi connectivity index (χ0n) is 14.7. The van der Waals surface area contributed by atoms with Crippen molar-refractivity contribution < 1.29 is 9.59 Å². The van der Waals surface area contributed by atoms with E-state index in [1.165, 1.54) is 0 Å². The lowest BCUT2D eigenvalue weighted by Crippen LogP contribution is -2.29. The highest BCUT2D eigenvalue weighted by Gasteiger charge is 2.39. The highest BCUT2D eigenvalue weighted by atomic mass is 16.2. The molecule has 1 aromatic heterocycles. The number of hydrogen-bond acceptors (Lipinski definition) is 4. The van der Waals surface area contributed by atoms with Gasteiger partial charge in [0, 0.05) is 30.9 Å². The molecule has 134 valence electrons. The predicted octanol–water partition coefficient (Wildman–Crippen LogP) is 2.82. The van der Waals surface area contributed by atoms with Crippen LogP contribution >= 0.6 is 0 Å². The molecule has 1 saturated carbocycles. The highest BCUT2D eigenvalue weighted by Crippen LogP contribution is 2.31. The molecule has 2 aromatic rings. The molecule has 1 aromatic carbocycles. The molecule has 1 atom stereocenters. The van der Waals surface area contributed by atoms with Crippen LogP contribution in [-0.2, 0) is 4.79 Å². The minimum Gasteiger partial charge on any atom is -0.365 e. The van der Waals surface area contributed by atoms with E-state index in [1.54, 1.807) is 18.3 Å². The molecule has 1 aliphatic heterocycles. The summed E-state index contributed by atoms with van der Waals surface area (Å²) in [4.78, 5) is 30.6. The first-order valence-corrected chi connectivity index (χ1v) is 8.98. The van der Waals surface area contributed by atoms with E-state index in [2.05, 4.69) is 15.6 Å². The molecule has 4 rings (SSSR count). The Morgan fingerprint density at radius 2 is 1.92 bits per heavy atom. The number of amides is 2. The minimum absolute atomic E-state index is 0.0860. The Bertz CT molecular complexity index is 813. The van der Waals surface area contributed by atoms with Crippen molar-refractivity contribution >= 4 is 23.3 Å². The highest BCUT2D eigenvalue weighted by molar-refractivity contribution is 6.04. The molecule has 6 heteroatoms. The summed E-state index contributed by atoms with van der Waals surface area (Å²) in [6.45, 7) is 2.74. The molecule has 2 fully saturated rings. The van der Waals surface area contributed by atoms with E-state index in [9.17, 15) is 9.59 Å². The van der Waals surface area contributed by atoms with Crippen LogP contribution in [0.15, 0.2) is 42.6 Å². The van der Waals surface area contributed by atoms with Crippen LogP contribution < -0.4 is 10.6 Å². The van der Waals surface area contributed by atoms with Crippen molar-refractivity contribution in [2.75, 3.05) is 17.2 Å². The average Bonchev–Trinajstić information content (AvgIpc) is 3.41. The second kappa shape index (κ2) is 6.78. The summed E-state index contributed by atoms with van der Waals surface area (Å²) in [5.41, 5.74) is 2.40. The fourth-order valence-electron chi connectivity index (χ4n) is 3.23. The Kier molecular flexibility index (Phi) is 4.32. The average molecular weight is 350 g/mol. The van der Waals surface area contributed by atoms with Crippen LogP contribution in [0, 0.1) is 6.92 Å². The third-order valence-corrected chi connectivity index (χ3v) is 4.83.